The third-order valence-corrected chi connectivity index (χ3v) is 1.44. The molecule has 0 aromatic carbocycles. The largest absolute Gasteiger partial charge is 0.478 e. The molecule has 0 saturated carbocycles. The number of hydrogen-bond acceptors (Lipinski definition) is 2. The molecule has 0 aromatic heterocycles. The lowest BCUT2D eigenvalue weighted by atomic mass is 10.1. The second kappa shape index (κ2) is 5.06. The Morgan fingerprint density at radius 2 is 2.33 bits per heavy atom. The van der Waals surface area contributed by atoms with Crippen molar-refractivity contribution in [2.75, 3.05) is 6.61 Å². The van der Waals surface area contributed by atoms with E-state index in [9.17, 15) is 0 Å². The van der Waals surface area contributed by atoms with Crippen molar-refractivity contribution in [3.8, 4) is 0 Å². The van der Waals surface area contributed by atoms with Crippen LogP contribution in [0.3, 0.4) is 0 Å². The summed E-state index contributed by atoms with van der Waals surface area (Å²) >= 11 is 8.42. The van der Waals surface area contributed by atoms with Crippen LogP contribution in [0.2, 0.25) is 0 Å². The van der Waals surface area contributed by atoms with E-state index in [1.165, 1.54) is 0 Å². The Hall–Kier alpha value is 0.240. The zero-order valence-corrected chi connectivity index (χ0v) is 7.47. The van der Waals surface area contributed by atoms with Gasteiger partial charge < -0.3 is 4.74 Å². The molecule has 0 radical (unpaired) electrons. The van der Waals surface area contributed by atoms with Crippen LogP contribution in [0.1, 0.15) is 20.3 Å². The Morgan fingerprint density at radius 1 is 1.78 bits per heavy atom. The van der Waals surface area contributed by atoms with Gasteiger partial charge in [-0.2, -0.15) is 0 Å². The van der Waals surface area contributed by atoms with E-state index >= 15 is 0 Å². The SMILES string of the molecule is CCC(C)COC(=S)S. The van der Waals surface area contributed by atoms with Crippen molar-refractivity contribution < 1.29 is 4.74 Å². The maximum Gasteiger partial charge on any atom is 0.216 e. The highest BCUT2D eigenvalue weighted by atomic mass is 32.1. The summed E-state index contributed by atoms with van der Waals surface area (Å²) in [6, 6.07) is 0. The first-order chi connectivity index (χ1) is 4.16. The van der Waals surface area contributed by atoms with Crippen molar-refractivity contribution in [1.29, 1.82) is 0 Å². The fraction of sp³-hybridized carbons (Fsp3) is 0.833. The van der Waals surface area contributed by atoms with Gasteiger partial charge in [0, 0.05) is 0 Å². The minimum Gasteiger partial charge on any atom is -0.478 e. The highest BCUT2D eigenvalue weighted by molar-refractivity contribution is 8.10. The van der Waals surface area contributed by atoms with Gasteiger partial charge in [0.15, 0.2) is 0 Å². The molecule has 3 heteroatoms. The second-order valence-electron chi connectivity index (χ2n) is 2.09. The van der Waals surface area contributed by atoms with E-state index in [1.54, 1.807) is 0 Å². The molecule has 0 saturated heterocycles. The highest BCUT2D eigenvalue weighted by Crippen LogP contribution is 2.01. The summed E-state index contributed by atoms with van der Waals surface area (Å²) in [7, 11) is 0. The Balaban J connectivity index is 3.16. The van der Waals surface area contributed by atoms with Crippen LogP contribution < -0.4 is 0 Å². The zero-order valence-electron chi connectivity index (χ0n) is 5.76. The van der Waals surface area contributed by atoms with Gasteiger partial charge in [-0.25, -0.2) is 0 Å². The number of thiol groups is 1. The van der Waals surface area contributed by atoms with Crippen molar-refractivity contribution in [3.05, 3.63) is 0 Å². The third-order valence-electron chi connectivity index (χ3n) is 1.19. The summed E-state index contributed by atoms with van der Waals surface area (Å²) in [6.45, 7) is 4.93. The lowest BCUT2D eigenvalue weighted by molar-refractivity contribution is 0.258. The van der Waals surface area contributed by atoms with Gasteiger partial charge in [-0.1, -0.05) is 32.9 Å². The van der Waals surface area contributed by atoms with E-state index in [-0.39, 0.29) is 0 Å². The van der Waals surface area contributed by atoms with Gasteiger partial charge in [-0.3, -0.25) is 0 Å². The van der Waals surface area contributed by atoms with Crippen LogP contribution in [0.4, 0.5) is 0 Å². The van der Waals surface area contributed by atoms with Crippen LogP contribution in [0.15, 0.2) is 0 Å². The average molecular weight is 164 g/mol. The molecule has 0 fully saturated rings. The first kappa shape index (κ1) is 9.24. The van der Waals surface area contributed by atoms with Gasteiger partial charge in [-0.05, 0) is 18.1 Å². The van der Waals surface area contributed by atoms with Crippen molar-refractivity contribution in [2.45, 2.75) is 20.3 Å². The zero-order chi connectivity index (χ0) is 7.28. The summed E-state index contributed by atoms with van der Waals surface area (Å²) in [4.78, 5) is 0. The molecule has 0 aliphatic rings. The molecule has 1 nitrogen and oxygen atoms in total. The summed E-state index contributed by atoms with van der Waals surface area (Å²) in [6.07, 6.45) is 1.12. The van der Waals surface area contributed by atoms with E-state index in [2.05, 4.69) is 38.7 Å². The molecule has 0 aliphatic carbocycles. The van der Waals surface area contributed by atoms with E-state index in [1.807, 2.05) is 0 Å². The number of rotatable bonds is 3. The maximum atomic E-state index is 4.99. The van der Waals surface area contributed by atoms with Crippen molar-refractivity contribution in [2.24, 2.45) is 5.92 Å². The van der Waals surface area contributed by atoms with Crippen LogP contribution in [0.5, 0.6) is 0 Å². The lowest BCUT2D eigenvalue weighted by Gasteiger charge is -2.07. The van der Waals surface area contributed by atoms with E-state index in [0.29, 0.717) is 16.9 Å². The number of ether oxygens (including phenoxy) is 1. The standard InChI is InChI=1S/C6H12OS2/c1-3-5(2)4-7-6(8)9/h5H,3-4H2,1-2H3,(H,8,9). The van der Waals surface area contributed by atoms with Gasteiger partial charge in [0.25, 0.3) is 0 Å². The van der Waals surface area contributed by atoms with Gasteiger partial charge in [0.2, 0.25) is 4.38 Å². The number of hydrogen-bond donors (Lipinski definition) is 1. The normalized spacial score (nSPS) is 12.8. The first-order valence-electron chi connectivity index (χ1n) is 3.02. The second-order valence-corrected chi connectivity index (χ2v) is 3.17. The van der Waals surface area contributed by atoms with Crippen molar-refractivity contribution in [1.82, 2.24) is 0 Å². The predicted molar refractivity (Wildman–Crippen MR) is 47.0 cm³/mol. The molecule has 9 heavy (non-hydrogen) atoms. The molecule has 0 amide bonds. The first-order valence-corrected chi connectivity index (χ1v) is 3.88. The fourth-order valence-electron chi connectivity index (χ4n) is 0.331. The van der Waals surface area contributed by atoms with Crippen LogP contribution in [-0.2, 0) is 4.74 Å². The maximum absolute atomic E-state index is 4.99. The third kappa shape index (κ3) is 6.12. The minimum absolute atomic E-state index is 0.343. The summed E-state index contributed by atoms with van der Waals surface area (Å²) < 4.78 is 5.33. The molecule has 1 atom stereocenters. The molecule has 0 spiro atoms. The average Bonchev–Trinajstić information content (AvgIpc) is 1.83. The van der Waals surface area contributed by atoms with Crippen LogP contribution in [0.25, 0.3) is 0 Å². The molecule has 1 unspecified atom stereocenters. The summed E-state index contributed by atoms with van der Waals surface area (Å²) in [5.41, 5.74) is 0. The molecule has 0 rings (SSSR count). The van der Waals surface area contributed by atoms with Gasteiger partial charge in [0.1, 0.15) is 0 Å². The van der Waals surface area contributed by atoms with Crippen LogP contribution in [0, 0.1) is 5.92 Å². The van der Waals surface area contributed by atoms with Gasteiger partial charge in [0.05, 0.1) is 6.61 Å². The van der Waals surface area contributed by atoms with Gasteiger partial charge in [-0.15, -0.1) is 0 Å². The van der Waals surface area contributed by atoms with E-state index in [0.717, 1.165) is 6.42 Å². The Morgan fingerprint density at radius 3 is 2.67 bits per heavy atom. The van der Waals surface area contributed by atoms with Crippen LogP contribution >= 0.6 is 24.8 Å². The summed E-state index contributed by atoms with van der Waals surface area (Å²) in [5, 5.41) is 0. The molecule has 54 valence electrons. The monoisotopic (exact) mass is 164 g/mol. The molecule has 0 heterocycles. The Kier molecular flexibility index (Phi) is 5.19. The Labute approximate surface area is 67.2 Å². The summed E-state index contributed by atoms with van der Waals surface area (Å²) in [5.74, 6) is 0.579. The van der Waals surface area contributed by atoms with Crippen molar-refractivity contribution in [3.63, 3.8) is 0 Å². The quantitative estimate of drug-likeness (QED) is 0.506. The minimum atomic E-state index is 0.343. The highest BCUT2D eigenvalue weighted by Gasteiger charge is 1.98. The topological polar surface area (TPSA) is 9.23 Å². The van der Waals surface area contributed by atoms with E-state index < -0.39 is 0 Å². The molecular formula is C6H12OS2. The van der Waals surface area contributed by atoms with Crippen LogP contribution in [-0.4, -0.2) is 11.0 Å². The molecule has 0 N–H and O–H groups in total. The number of thiocarbonyl (C=S) groups is 1. The molecule has 0 bridgehead atoms. The molecule has 0 aliphatic heterocycles. The fourth-order valence-corrected chi connectivity index (χ4v) is 0.474. The predicted octanol–water partition coefficient (Wildman–Crippen LogP) is 2.26. The van der Waals surface area contributed by atoms with Gasteiger partial charge >= 0.3 is 0 Å². The molecule has 0 aromatic rings. The Bertz CT molecular complexity index is 93.1. The molecular weight excluding hydrogens is 152 g/mol. The lowest BCUT2D eigenvalue weighted by Crippen LogP contribution is -2.05. The smallest absolute Gasteiger partial charge is 0.216 e. The van der Waals surface area contributed by atoms with Crippen molar-refractivity contribution >= 4 is 29.2 Å². The van der Waals surface area contributed by atoms with E-state index in [4.69, 9.17) is 4.74 Å².